The Kier molecular flexibility index (Phi) is 15.4. The van der Waals surface area contributed by atoms with Gasteiger partial charge in [0.2, 0.25) is 29.9 Å². The van der Waals surface area contributed by atoms with Gasteiger partial charge in [0.1, 0.15) is 18.1 Å². The molecule has 0 aromatic carbocycles. The van der Waals surface area contributed by atoms with Gasteiger partial charge in [-0.3, -0.25) is 39.1 Å². The Hall–Kier alpha value is -3.59. The first-order chi connectivity index (χ1) is 17.6. The van der Waals surface area contributed by atoms with Gasteiger partial charge >= 0.3 is 0 Å². The van der Waals surface area contributed by atoms with Crippen LogP contribution in [0.25, 0.3) is 0 Å². The van der Waals surface area contributed by atoms with Crippen molar-refractivity contribution in [3.05, 3.63) is 0 Å². The van der Waals surface area contributed by atoms with Crippen molar-refractivity contribution >= 4 is 41.8 Å². The number of carbonyl (C=O) groups excluding carboxylic acids is 6. The number of amides is 5. The molecule has 0 aliphatic heterocycles. The second-order valence-corrected chi connectivity index (χ2v) is 9.38. The molecule has 15 heteroatoms. The number of nitrogens with zero attached hydrogens (tertiary/aromatic N) is 1. The van der Waals surface area contributed by atoms with Crippen LogP contribution in [0.1, 0.15) is 59.8 Å². The number of nitrogens with two attached hydrogens (primary N) is 3. The van der Waals surface area contributed by atoms with Gasteiger partial charge in [0.25, 0.3) is 5.91 Å². The molecule has 0 bridgehead atoms. The molecule has 0 saturated carbocycles. The summed E-state index contributed by atoms with van der Waals surface area (Å²) in [5.74, 6) is -4.42. The van der Waals surface area contributed by atoms with E-state index in [4.69, 9.17) is 22.6 Å². The molecule has 5 amide bonds. The van der Waals surface area contributed by atoms with Gasteiger partial charge in [0.15, 0.2) is 5.96 Å². The average molecular weight is 542 g/mol. The summed E-state index contributed by atoms with van der Waals surface area (Å²) in [5.41, 5.74) is 16.3. The lowest BCUT2D eigenvalue weighted by Crippen LogP contribution is -2.59. The second-order valence-electron chi connectivity index (χ2n) is 9.38. The highest BCUT2D eigenvalue weighted by molar-refractivity contribution is 6.01. The number of primary amides is 1. The highest BCUT2D eigenvalue weighted by Crippen LogP contribution is 2.13. The minimum atomic E-state index is -1.59. The Balaban J connectivity index is 5.77. The summed E-state index contributed by atoms with van der Waals surface area (Å²) < 4.78 is 0. The molecule has 0 aromatic heterocycles. The van der Waals surface area contributed by atoms with Crippen LogP contribution in [-0.2, 0) is 28.8 Å². The van der Waals surface area contributed by atoms with Crippen LogP contribution in [0.4, 0.5) is 0 Å². The molecule has 0 aliphatic rings. The highest BCUT2D eigenvalue weighted by atomic mass is 16.3. The molecule has 0 aromatic rings. The Morgan fingerprint density at radius 1 is 1.00 bits per heavy atom. The molecule has 0 unspecified atom stereocenters. The van der Waals surface area contributed by atoms with Crippen molar-refractivity contribution in [2.24, 2.45) is 23.1 Å². The predicted octanol–water partition coefficient (Wildman–Crippen LogP) is -2.91. The van der Waals surface area contributed by atoms with Gasteiger partial charge in [-0.1, -0.05) is 13.8 Å². The molecule has 0 fully saturated rings. The molecule has 215 valence electrons. The van der Waals surface area contributed by atoms with Crippen LogP contribution in [0.2, 0.25) is 0 Å². The molecular formula is C23H41N8O7. The zero-order valence-corrected chi connectivity index (χ0v) is 22.3. The number of carbonyl (C=O) groups is 5. The second kappa shape index (κ2) is 17.0. The molecule has 0 heterocycles. The van der Waals surface area contributed by atoms with Crippen molar-refractivity contribution in [1.82, 2.24) is 20.9 Å². The van der Waals surface area contributed by atoms with E-state index in [2.05, 4.69) is 16.0 Å². The lowest BCUT2D eigenvalue weighted by Gasteiger charge is -2.32. The maximum Gasteiger partial charge on any atom is 0.252 e. The predicted molar refractivity (Wildman–Crippen MR) is 138 cm³/mol. The molecule has 11 N–H and O–H groups in total. The fraction of sp³-hybridized carbons (Fsp3) is 0.696. The van der Waals surface area contributed by atoms with Gasteiger partial charge in [0.05, 0.1) is 12.1 Å². The van der Waals surface area contributed by atoms with E-state index in [1.807, 2.05) is 0 Å². The summed E-state index contributed by atoms with van der Waals surface area (Å²) in [4.78, 5) is 74.5. The van der Waals surface area contributed by atoms with E-state index in [9.17, 15) is 33.9 Å². The van der Waals surface area contributed by atoms with Gasteiger partial charge in [-0.2, -0.15) is 0 Å². The van der Waals surface area contributed by atoms with E-state index in [-0.39, 0.29) is 37.6 Å². The van der Waals surface area contributed by atoms with Crippen molar-refractivity contribution < 1.29 is 33.9 Å². The van der Waals surface area contributed by atoms with Crippen LogP contribution in [0.3, 0.4) is 0 Å². The van der Waals surface area contributed by atoms with Crippen molar-refractivity contribution in [1.29, 1.82) is 5.41 Å². The monoisotopic (exact) mass is 541 g/mol. The van der Waals surface area contributed by atoms with Crippen LogP contribution in [0.5, 0.6) is 0 Å². The Morgan fingerprint density at radius 2 is 1.58 bits per heavy atom. The van der Waals surface area contributed by atoms with Gasteiger partial charge < -0.3 is 38.3 Å². The van der Waals surface area contributed by atoms with Crippen LogP contribution < -0.4 is 33.2 Å². The smallest absolute Gasteiger partial charge is 0.252 e. The fourth-order valence-electron chi connectivity index (χ4n) is 3.50. The van der Waals surface area contributed by atoms with E-state index >= 15 is 0 Å². The maximum absolute atomic E-state index is 13.3. The van der Waals surface area contributed by atoms with Gasteiger partial charge in [-0.15, -0.1) is 0 Å². The molecule has 0 spiro atoms. The molecule has 1 radical (unpaired) electrons. The number of aliphatic hydroxyl groups excluding tert-OH is 1. The van der Waals surface area contributed by atoms with E-state index in [1.165, 1.54) is 13.2 Å². The highest BCUT2D eigenvalue weighted by Gasteiger charge is 2.37. The number of hydrogen-bond donors (Lipinski definition) is 8. The van der Waals surface area contributed by atoms with Crippen LogP contribution >= 0.6 is 0 Å². The molecule has 0 rings (SSSR count). The lowest BCUT2D eigenvalue weighted by atomic mass is 10.00. The number of hydrogen-bond acceptors (Lipinski definition) is 9. The normalized spacial score (nSPS) is 14.8. The average Bonchev–Trinajstić information content (AvgIpc) is 2.80. The minimum Gasteiger partial charge on any atom is -0.391 e. The number of aliphatic hydroxyl groups is 1. The summed E-state index contributed by atoms with van der Waals surface area (Å²) in [6, 6.07) is -5.22. The third-order valence-corrected chi connectivity index (χ3v) is 5.41. The van der Waals surface area contributed by atoms with Crippen molar-refractivity contribution in [2.75, 3.05) is 6.54 Å². The molecule has 15 nitrogen and oxygen atoms in total. The maximum atomic E-state index is 13.3. The van der Waals surface area contributed by atoms with E-state index in [0.717, 1.165) is 6.92 Å². The first kappa shape index (κ1) is 34.4. The van der Waals surface area contributed by atoms with E-state index in [0.29, 0.717) is 17.9 Å². The van der Waals surface area contributed by atoms with Gasteiger partial charge in [0, 0.05) is 19.9 Å². The number of imide groups is 1. The molecule has 0 aliphatic carbocycles. The molecule has 38 heavy (non-hydrogen) atoms. The van der Waals surface area contributed by atoms with Crippen molar-refractivity contribution in [3.63, 3.8) is 0 Å². The number of guanidine groups is 1. The number of nitrogens with one attached hydrogen (secondary N) is 4. The summed E-state index contributed by atoms with van der Waals surface area (Å²) >= 11 is 0. The number of rotatable bonds is 17. The van der Waals surface area contributed by atoms with Crippen molar-refractivity contribution in [2.45, 2.75) is 90.1 Å². The van der Waals surface area contributed by atoms with E-state index in [1.54, 1.807) is 13.8 Å². The SMILES string of the molecule is CC(=O)N(C(=O)[C@H](CC(C)C)NC(=O)[C@H](CCC(N)=O)NC(=O)[C@@H](N)CCCNC(=N)N)[C@H]([C]=O)[C@@H](C)O. The quantitative estimate of drug-likeness (QED) is 0.0528. The Morgan fingerprint density at radius 3 is 2.03 bits per heavy atom. The van der Waals surface area contributed by atoms with Gasteiger partial charge in [-0.25, -0.2) is 0 Å². The Bertz CT molecular complexity index is 865. The zero-order chi connectivity index (χ0) is 29.6. The summed E-state index contributed by atoms with van der Waals surface area (Å²) in [6.07, 6.45) is 0.258. The zero-order valence-electron chi connectivity index (χ0n) is 22.3. The first-order valence-corrected chi connectivity index (χ1v) is 12.2. The summed E-state index contributed by atoms with van der Waals surface area (Å²) in [5, 5.41) is 24.5. The van der Waals surface area contributed by atoms with Gasteiger partial charge in [-0.05, 0) is 38.5 Å². The standard InChI is InChI=1S/C23H41N8O7/c1-12(2)10-17(22(38)31(14(4)34)18(11-32)13(3)33)30-21(37)16(7-8-19(25)35)29-20(36)15(24)6-5-9-28-23(26)27/h12-13,15-18,33H,5-10,24H2,1-4H3,(H2,25,35)(H,29,36)(H,30,37)(H4,26,27,28)/t13-,15+,16+,17+,18-/m1/s1. The third-order valence-electron chi connectivity index (χ3n) is 5.41. The Labute approximate surface area is 222 Å². The fourth-order valence-corrected chi connectivity index (χ4v) is 3.50. The summed E-state index contributed by atoms with van der Waals surface area (Å²) in [7, 11) is 0. The molecule has 5 atom stereocenters. The van der Waals surface area contributed by atoms with E-state index < -0.39 is 59.8 Å². The molecular weight excluding hydrogens is 500 g/mol. The van der Waals surface area contributed by atoms with Crippen LogP contribution in [-0.4, -0.2) is 88.6 Å². The minimum absolute atomic E-state index is 0.0545. The third kappa shape index (κ3) is 12.6. The van der Waals surface area contributed by atoms with Crippen molar-refractivity contribution in [3.8, 4) is 0 Å². The largest absolute Gasteiger partial charge is 0.391 e. The molecule has 0 saturated heterocycles. The lowest BCUT2D eigenvalue weighted by molar-refractivity contribution is -0.150. The summed E-state index contributed by atoms with van der Waals surface area (Å²) in [6.45, 7) is 6.06. The first-order valence-electron chi connectivity index (χ1n) is 12.2. The van der Waals surface area contributed by atoms with Crippen LogP contribution in [0, 0.1) is 11.3 Å². The topological polar surface area (TPSA) is 264 Å². The van der Waals surface area contributed by atoms with Crippen LogP contribution in [0.15, 0.2) is 0 Å².